The van der Waals surface area contributed by atoms with E-state index in [1.54, 1.807) is 18.5 Å². The van der Waals surface area contributed by atoms with Crippen LogP contribution in [0.4, 0.5) is 4.39 Å². The number of amides is 1. The van der Waals surface area contributed by atoms with E-state index in [1.807, 2.05) is 26.0 Å². The van der Waals surface area contributed by atoms with Crippen LogP contribution in [0.2, 0.25) is 0 Å². The first-order valence-electron chi connectivity index (χ1n) is 13.1. The lowest BCUT2D eigenvalue weighted by atomic mass is 9.93. The van der Waals surface area contributed by atoms with Crippen LogP contribution >= 0.6 is 0 Å². The van der Waals surface area contributed by atoms with Gasteiger partial charge in [-0.1, -0.05) is 26.8 Å². The molecule has 0 fully saturated rings. The Balaban J connectivity index is 1.38. The Bertz CT molecular complexity index is 1810. The molecule has 4 N–H and O–H groups in total. The highest BCUT2D eigenvalue weighted by molar-refractivity contribution is 5.97. The van der Waals surface area contributed by atoms with Crippen molar-refractivity contribution in [2.24, 2.45) is 11.8 Å². The number of hydrogen-bond acceptors (Lipinski definition) is 6. The lowest BCUT2D eigenvalue weighted by Gasteiger charge is -2.20. The van der Waals surface area contributed by atoms with E-state index in [0.717, 1.165) is 40.4 Å². The number of phenolic OH excluding ortho intramolecular Hbond substituents is 1. The minimum atomic E-state index is -0.564. The van der Waals surface area contributed by atoms with Gasteiger partial charge < -0.3 is 15.4 Å². The van der Waals surface area contributed by atoms with E-state index in [1.165, 1.54) is 12.1 Å². The number of nitrogens with one attached hydrogen (secondary N) is 3. The Morgan fingerprint density at radius 3 is 2.83 bits per heavy atom. The molecule has 1 aliphatic carbocycles. The molecule has 4 aromatic heterocycles. The number of allylic oxidation sites excluding steroid dienone is 4. The molecule has 1 aliphatic rings. The number of rotatable bonds is 6. The van der Waals surface area contributed by atoms with Gasteiger partial charge in [0, 0.05) is 35.3 Å². The number of pyridine rings is 2. The molecule has 40 heavy (non-hydrogen) atoms. The van der Waals surface area contributed by atoms with Crippen LogP contribution in [0.5, 0.6) is 5.75 Å². The van der Waals surface area contributed by atoms with Crippen molar-refractivity contribution in [2.45, 2.75) is 33.6 Å². The fourth-order valence-electron chi connectivity index (χ4n) is 5.08. The van der Waals surface area contributed by atoms with Gasteiger partial charge in [0.2, 0.25) is 5.91 Å². The van der Waals surface area contributed by atoms with Gasteiger partial charge in [0.15, 0.2) is 5.82 Å². The fourth-order valence-corrected chi connectivity index (χ4v) is 5.08. The van der Waals surface area contributed by atoms with Gasteiger partial charge in [-0.15, -0.1) is 0 Å². The molecule has 0 saturated carbocycles. The van der Waals surface area contributed by atoms with Gasteiger partial charge in [-0.2, -0.15) is 5.10 Å². The zero-order chi connectivity index (χ0) is 28.0. The summed E-state index contributed by atoms with van der Waals surface area (Å²) in [6.07, 6.45) is 8.71. The van der Waals surface area contributed by atoms with Gasteiger partial charge in [0.05, 0.1) is 28.6 Å². The normalized spacial score (nSPS) is 15.5. The fraction of sp³-hybridized carbons (Fsp3) is 0.233. The molecule has 202 valence electrons. The lowest BCUT2D eigenvalue weighted by Crippen LogP contribution is -2.26. The molecule has 0 spiro atoms. The van der Waals surface area contributed by atoms with Crippen LogP contribution in [-0.2, 0) is 4.79 Å². The van der Waals surface area contributed by atoms with Crippen LogP contribution in [0.1, 0.15) is 39.3 Å². The molecule has 10 heteroatoms. The summed E-state index contributed by atoms with van der Waals surface area (Å²) in [4.78, 5) is 29.5. The molecule has 0 saturated heterocycles. The SMILES string of the molecule is CC(C)CC(=O)NC1=CC(c2cc3c(-c4nc5c(-c6cc(O)cc(F)c6)nccc5[nH]4)n[nH]c3cn2)=C[C@@H](C)C1. The van der Waals surface area contributed by atoms with Crippen molar-refractivity contribution in [2.75, 3.05) is 0 Å². The zero-order valence-electron chi connectivity index (χ0n) is 22.3. The van der Waals surface area contributed by atoms with Crippen LogP contribution < -0.4 is 5.32 Å². The number of fused-ring (bicyclic) bond motifs is 2. The molecule has 6 rings (SSSR count). The number of nitrogens with zero attached hydrogens (tertiary/aromatic N) is 4. The van der Waals surface area contributed by atoms with Crippen molar-refractivity contribution in [3.63, 3.8) is 0 Å². The molecule has 0 radical (unpaired) electrons. The average molecular weight is 538 g/mol. The molecule has 0 bridgehead atoms. The summed E-state index contributed by atoms with van der Waals surface area (Å²) < 4.78 is 14.0. The highest BCUT2D eigenvalue weighted by Gasteiger charge is 2.20. The highest BCUT2D eigenvalue weighted by Crippen LogP contribution is 2.33. The smallest absolute Gasteiger partial charge is 0.224 e. The Labute approximate surface area is 229 Å². The van der Waals surface area contributed by atoms with Gasteiger partial charge in [0.1, 0.15) is 22.8 Å². The Kier molecular flexibility index (Phi) is 6.37. The number of aromatic hydroxyl groups is 1. The summed E-state index contributed by atoms with van der Waals surface area (Å²) in [5.41, 5.74) is 5.99. The maximum Gasteiger partial charge on any atom is 0.224 e. The summed E-state index contributed by atoms with van der Waals surface area (Å²) >= 11 is 0. The van der Waals surface area contributed by atoms with E-state index in [-0.39, 0.29) is 23.5 Å². The van der Waals surface area contributed by atoms with Gasteiger partial charge in [-0.25, -0.2) is 9.37 Å². The Morgan fingerprint density at radius 2 is 2.02 bits per heavy atom. The highest BCUT2D eigenvalue weighted by atomic mass is 19.1. The second kappa shape index (κ2) is 10.0. The predicted molar refractivity (Wildman–Crippen MR) is 151 cm³/mol. The maximum absolute atomic E-state index is 14.0. The molecular formula is C30H28FN7O2. The van der Waals surface area contributed by atoms with Gasteiger partial charge in [-0.05, 0) is 54.2 Å². The number of carbonyl (C=O) groups excluding carboxylic acids is 1. The Hall–Kier alpha value is -4.86. The van der Waals surface area contributed by atoms with Gasteiger partial charge in [0.25, 0.3) is 0 Å². The van der Waals surface area contributed by atoms with E-state index in [9.17, 15) is 14.3 Å². The van der Waals surface area contributed by atoms with E-state index in [2.05, 4.69) is 43.5 Å². The summed E-state index contributed by atoms with van der Waals surface area (Å²) in [5, 5.41) is 21.3. The van der Waals surface area contributed by atoms with Crippen molar-refractivity contribution < 1.29 is 14.3 Å². The first-order chi connectivity index (χ1) is 19.2. The minimum Gasteiger partial charge on any atom is -0.508 e. The van der Waals surface area contributed by atoms with Crippen molar-refractivity contribution in [3.8, 4) is 28.5 Å². The minimum absolute atomic E-state index is 0.0161. The number of aromatic amines is 2. The van der Waals surface area contributed by atoms with Crippen molar-refractivity contribution in [1.29, 1.82) is 0 Å². The summed E-state index contributed by atoms with van der Waals surface area (Å²) in [7, 11) is 0. The second-order valence-electron chi connectivity index (χ2n) is 10.6. The summed E-state index contributed by atoms with van der Waals surface area (Å²) in [6.45, 7) is 6.16. The molecule has 0 aliphatic heterocycles. The van der Waals surface area contributed by atoms with Crippen molar-refractivity contribution in [1.82, 2.24) is 35.5 Å². The van der Waals surface area contributed by atoms with Crippen molar-refractivity contribution in [3.05, 3.63) is 72.1 Å². The second-order valence-corrected chi connectivity index (χ2v) is 10.6. The molecule has 0 unspecified atom stereocenters. The molecule has 1 atom stereocenters. The largest absolute Gasteiger partial charge is 0.508 e. The topological polar surface area (TPSA) is 132 Å². The Morgan fingerprint density at radius 1 is 1.18 bits per heavy atom. The van der Waals surface area contributed by atoms with Crippen LogP contribution in [0.15, 0.2) is 60.6 Å². The number of phenols is 1. The van der Waals surface area contributed by atoms with E-state index in [4.69, 9.17) is 4.98 Å². The number of hydrogen-bond donors (Lipinski definition) is 4. The first-order valence-corrected chi connectivity index (χ1v) is 13.1. The molecule has 9 nitrogen and oxygen atoms in total. The van der Waals surface area contributed by atoms with Gasteiger partial charge in [-0.3, -0.25) is 19.9 Å². The van der Waals surface area contributed by atoms with E-state index < -0.39 is 5.82 Å². The third kappa shape index (κ3) is 4.95. The van der Waals surface area contributed by atoms with E-state index in [0.29, 0.717) is 40.2 Å². The van der Waals surface area contributed by atoms with Gasteiger partial charge >= 0.3 is 0 Å². The summed E-state index contributed by atoms with van der Waals surface area (Å²) in [5.74, 6) is 0.293. The van der Waals surface area contributed by atoms with Crippen LogP contribution in [0.3, 0.4) is 0 Å². The lowest BCUT2D eigenvalue weighted by molar-refractivity contribution is -0.121. The number of imidazole rings is 1. The zero-order valence-corrected chi connectivity index (χ0v) is 22.3. The number of carbonyl (C=O) groups is 1. The number of H-pyrrole nitrogens is 2. The summed E-state index contributed by atoms with van der Waals surface area (Å²) in [6, 6.07) is 7.54. The molecule has 1 aromatic carbocycles. The number of aromatic nitrogens is 6. The van der Waals surface area contributed by atoms with Crippen LogP contribution in [0, 0.1) is 17.7 Å². The van der Waals surface area contributed by atoms with Crippen LogP contribution in [0.25, 0.3) is 50.3 Å². The predicted octanol–water partition coefficient (Wildman–Crippen LogP) is 5.88. The third-order valence-corrected chi connectivity index (χ3v) is 6.75. The van der Waals surface area contributed by atoms with Crippen LogP contribution in [-0.4, -0.2) is 41.1 Å². The molecule has 4 heterocycles. The van der Waals surface area contributed by atoms with Crippen molar-refractivity contribution >= 4 is 33.4 Å². The van der Waals surface area contributed by atoms with E-state index >= 15 is 0 Å². The maximum atomic E-state index is 14.0. The average Bonchev–Trinajstić information content (AvgIpc) is 3.50. The monoisotopic (exact) mass is 537 g/mol. The third-order valence-electron chi connectivity index (χ3n) is 6.75. The first kappa shape index (κ1) is 25.4. The molecule has 1 amide bonds. The number of halogens is 1. The molecular weight excluding hydrogens is 509 g/mol. The number of benzene rings is 1. The standard InChI is InChI=1S/C30H28FN7O2/c1-15(2)6-26(40)34-20-8-16(3)7-17(10-20)24-13-22-25(14-33-24)37-38-28(22)30-35-23-4-5-32-27(29(23)36-30)18-9-19(31)12-21(39)11-18/h4-5,7,9-16,39H,6,8H2,1-3H3,(H,34,40)(H,35,36)(H,37,38)/t16-/m1/s1. The quantitative estimate of drug-likeness (QED) is 0.214. The molecule has 5 aromatic rings.